The molecule has 0 spiro atoms. The first-order valence-corrected chi connectivity index (χ1v) is 11.7. The van der Waals surface area contributed by atoms with Crippen LogP contribution in [0.15, 0.2) is 58.3 Å². The predicted molar refractivity (Wildman–Crippen MR) is 128 cm³/mol. The van der Waals surface area contributed by atoms with Crippen molar-refractivity contribution in [2.24, 2.45) is 0 Å². The molecule has 0 aliphatic carbocycles. The molecule has 0 fully saturated rings. The van der Waals surface area contributed by atoms with Crippen molar-refractivity contribution in [3.8, 4) is 10.4 Å². The van der Waals surface area contributed by atoms with Crippen LogP contribution in [0.25, 0.3) is 20.7 Å². The average Bonchev–Trinajstić information content (AvgIpc) is 3.45. The lowest BCUT2D eigenvalue weighted by atomic mass is 10.1. The van der Waals surface area contributed by atoms with Gasteiger partial charge in [0.05, 0.1) is 17.4 Å². The molecular weight excluding hydrogens is 462 g/mol. The number of hydrogen-bond donors (Lipinski definition) is 1. The van der Waals surface area contributed by atoms with Gasteiger partial charge in [0.25, 0.3) is 11.5 Å². The van der Waals surface area contributed by atoms with Crippen LogP contribution in [0.5, 0.6) is 0 Å². The number of esters is 1. The first-order valence-electron chi connectivity index (χ1n) is 9.96. The molecular formula is C23H19N3O5S2. The number of nitrogens with one attached hydrogen (secondary N) is 1. The summed E-state index contributed by atoms with van der Waals surface area (Å²) < 4.78 is 6.39. The minimum atomic E-state index is -1.13. The third-order valence-corrected chi connectivity index (χ3v) is 6.68. The monoisotopic (exact) mass is 481 g/mol. The first-order chi connectivity index (χ1) is 15.8. The van der Waals surface area contributed by atoms with Gasteiger partial charge < -0.3 is 10.1 Å². The van der Waals surface area contributed by atoms with Crippen molar-refractivity contribution in [2.45, 2.75) is 26.5 Å². The molecule has 1 atom stereocenters. The van der Waals surface area contributed by atoms with Gasteiger partial charge in [0.1, 0.15) is 11.4 Å². The molecule has 0 aliphatic rings. The molecule has 4 aromatic rings. The summed E-state index contributed by atoms with van der Waals surface area (Å²) in [5, 5.41) is 6.85. The number of amides is 1. The third kappa shape index (κ3) is 4.76. The molecule has 0 aliphatic heterocycles. The van der Waals surface area contributed by atoms with E-state index in [1.165, 1.54) is 47.4 Å². The molecule has 3 aromatic heterocycles. The zero-order valence-electron chi connectivity index (χ0n) is 17.7. The Kier molecular flexibility index (Phi) is 6.47. The maximum atomic E-state index is 13.0. The maximum Gasteiger partial charge on any atom is 0.326 e. The number of Topliss-reactive ketones (excluding diaryl/α,β-unsaturated/α-hetero) is 1. The van der Waals surface area contributed by atoms with Crippen LogP contribution in [-0.4, -0.2) is 33.3 Å². The van der Waals surface area contributed by atoms with Crippen LogP contribution in [0.1, 0.15) is 24.2 Å². The van der Waals surface area contributed by atoms with Gasteiger partial charge in [-0.05, 0) is 37.4 Å². The number of hydrogen-bond acceptors (Lipinski definition) is 8. The van der Waals surface area contributed by atoms with Gasteiger partial charge in [0.15, 0.2) is 11.9 Å². The maximum absolute atomic E-state index is 13.0. The van der Waals surface area contributed by atoms with Gasteiger partial charge in [-0.3, -0.25) is 23.7 Å². The Labute approximate surface area is 196 Å². The summed E-state index contributed by atoms with van der Waals surface area (Å²) in [5.74, 6) is -1.54. The van der Waals surface area contributed by atoms with Gasteiger partial charge in [-0.25, -0.2) is 4.98 Å². The Morgan fingerprint density at radius 3 is 2.67 bits per heavy atom. The number of anilines is 1. The topological polar surface area (TPSA) is 107 Å². The van der Waals surface area contributed by atoms with Gasteiger partial charge in [-0.1, -0.05) is 18.2 Å². The Hall–Kier alpha value is -3.63. The lowest BCUT2D eigenvalue weighted by molar-refractivity contribution is -0.153. The van der Waals surface area contributed by atoms with Crippen LogP contribution < -0.4 is 10.9 Å². The van der Waals surface area contributed by atoms with E-state index in [1.807, 2.05) is 22.9 Å². The van der Waals surface area contributed by atoms with Crippen LogP contribution in [0, 0.1) is 0 Å². The number of carbonyl (C=O) groups excluding carboxylic acids is 3. The largest absolute Gasteiger partial charge is 0.451 e. The van der Waals surface area contributed by atoms with Crippen molar-refractivity contribution in [3.05, 3.63) is 69.4 Å². The number of ketones is 1. The molecule has 0 bridgehead atoms. The molecule has 1 aromatic carbocycles. The van der Waals surface area contributed by atoms with Crippen molar-refractivity contribution in [3.63, 3.8) is 0 Å². The Bertz CT molecular complexity index is 1410. The van der Waals surface area contributed by atoms with E-state index in [0.717, 1.165) is 10.4 Å². The molecule has 3 heterocycles. The fourth-order valence-corrected chi connectivity index (χ4v) is 4.97. The number of para-hydroxylation sites is 1. The summed E-state index contributed by atoms with van der Waals surface area (Å²) in [4.78, 5) is 55.5. The second-order valence-corrected chi connectivity index (χ2v) is 9.01. The Morgan fingerprint density at radius 1 is 1.15 bits per heavy atom. The number of fused-ring (bicyclic) bond motifs is 1. The minimum Gasteiger partial charge on any atom is -0.451 e. The highest BCUT2D eigenvalue weighted by Crippen LogP contribution is 2.33. The van der Waals surface area contributed by atoms with E-state index in [-0.39, 0.29) is 17.9 Å². The van der Waals surface area contributed by atoms with E-state index in [9.17, 15) is 19.2 Å². The van der Waals surface area contributed by atoms with E-state index >= 15 is 0 Å². The molecule has 1 N–H and O–H groups in total. The van der Waals surface area contributed by atoms with Crippen LogP contribution in [-0.2, 0) is 20.9 Å². The summed E-state index contributed by atoms with van der Waals surface area (Å²) in [7, 11) is 0. The molecule has 10 heteroatoms. The molecule has 168 valence electrons. The minimum absolute atomic E-state index is 0.201. The Morgan fingerprint density at radius 2 is 1.94 bits per heavy atom. The molecule has 1 unspecified atom stereocenters. The summed E-state index contributed by atoms with van der Waals surface area (Å²) in [6.45, 7) is 2.43. The number of aromatic nitrogens is 2. The molecule has 0 radical (unpaired) electrons. The molecule has 1 amide bonds. The predicted octanol–water partition coefficient (Wildman–Crippen LogP) is 3.96. The summed E-state index contributed by atoms with van der Waals surface area (Å²) in [5.41, 5.74) is 1.12. The van der Waals surface area contributed by atoms with Crippen molar-refractivity contribution >= 4 is 56.2 Å². The van der Waals surface area contributed by atoms with E-state index in [4.69, 9.17) is 4.74 Å². The smallest absolute Gasteiger partial charge is 0.326 e. The second-order valence-electron chi connectivity index (χ2n) is 7.21. The van der Waals surface area contributed by atoms with Crippen LogP contribution in [0.4, 0.5) is 5.69 Å². The number of rotatable bonds is 7. The van der Waals surface area contributed by atoms with Crippen LogP contribution in [0.2, 0.25) is 0 Å². The number of thiophene rings is 2. The van der Waals surface area contributed by atoms with Crippen molar-refractivity contribution in [1.82, 2.24) is 9.55 Å². The van der Waals surface area contributed by atoms with Crippen molar-refractivity contribution < 1.29 is 19.1 Å². The SMILES string of the molecule is CC(=O)c1ccccc1NC(=O)C(C)OC(=O)Cn1cnc2scc(-c3cccs3)c2c1=O. The fourth-order valence-electron chi connectivity index (χ4n) is 3.25. The van der Waals surface area contributed by atoms with Crippen molar-refractivity contribution in [2.75, 3.05) is 5.32 Å². The third-order valence-electron chi connectivity index (χ3n) is 4.89. The highest BCUT2D eigenvalue weighted by molar-refractivity contribution is 7.18. The summed E-state index contributed by atoms with van der Waals surface area (Å²) in [6, 6.07) is 10.4. The lowest BCUT2D eigenvalue weighted by Crippen LogP contribution is -2.33. The molecule has 0 saturated heterocycles. The van der Waals surface area contributed by atoms with Crippen molar-refractivity contribution in [1.29, 1.82) is 0 Å². The summed E-state index contributed by atoms with van der Waals surface area (Å²) >= 11 is 2.87. The quantitative estimate of drug-likeness (QED) is 0.316. The first kappa shape index (κ1) is 22.6. The normalized spacial score (nSPS) is 11.8. The van der Waals surface area contributed by atoms with Crippen LogP contribution >= 0.6 is 22.7 Å². The zero-order valence-corrected chi connectivity index (χ0v) is 19.4. The zero-order chi connectivity index (χ0) is 23.5. The van der Waals surface area contributed by atoms with Gasteiger partial charge in [0, 0.05) is 21.4 Å². The fraction of sp³-hybridized carbons (Fsp3) is 0.174. The van der Waals surface area contributed by atoms with Gasteiger partial charge >= 0.3 is 5.97 Å². The van der Waals surface area contributed by atoms with E-state index in [0.29, 0.717) is 21.5 Å². The van der Waals surface area contributed by atoms with Crippen LogP contribution in [0.3, 0.4) is 0 Å². The Balaban J connectivity index is 1.47. The van der Waals surface area contributed by atoms with Gasteiger partial charge in [-0.15, -0.1) is 22.7 Å². The number of ether oxygens (including phenoxy) is 1. The highest BCUT2D eigenvalue weighted by atomic mass is 32.1. The van der Waals surface area contributed by atoms with E-state index in [1.54, 1.807) is 24.3 Å². The van der Waals surface area contributed by atoms with Gasteiger partial charge in [-0.2, -0.15) is 0 Å². The highest BCUT2D eigenvalue weighted by Gasteiger charge is 2.21. The molecule has 0 saturated carbocycles. The molecule has 4 rings (SSSR count). The summed E-state index contributed by atoms with van der Waals surface area (Å²) in [6.07, 6.45) is 0.168. The lowest BCUT2D eigenvalue weighted by Gasteiger charge is -2.15. The van der Waals surface area contributed by atoms with E-state index in [2.05, 4.69) is 10.3 Å². The number of carbonyl (C=O) groups is 3. The number of nitrogens with zero attached hydrogens (tertiary/aromatic N) is 2. The standard InChI is InChI=1S/C23H19N3O5S2/c1-13(27)15-6-3-4-7-17(15)25-21(29)14(2)31-19(28)10-26-12-24-22-20(23(26)30)16(11-33-22)18-8-5-9-32-18/h3-9,11-12,14H,10H2,1-2H3,(H,25,29). The number of benzene rings is 1. The molecule has 33 heavy (non-hydrogen) atoms. The average molecular weight is 482 g/mol. The van der Waals surface area contributed by atoms with E-state index < -0.39 is 18.0 Å². The molecule has 8 nitrogen and oxygen atoms in total. The van der Waals surface area contributed by atoms with Gasteiger partial charge in [0.2, 0.25) is 0 Å². The second kappa shape index (κ2) is 9.47.